The SMILES string of the molecule is Cc1c(C#N)c(Nc2nnc(-c3c[nH]c4ccccc34)o2)n(C2CCCCC2)c1C. The summed E-state index contributed by atoms with van der Waals surface area (Å²) in [6.45, 7) is 4.09. The summed E-state index contributed by atoms with van der Waals surface area (Å²) in [5.74, 6) is 1.20. The van der Waals surface area contributed by atoms with Crippen molar-refractivity contribution >= 4 is 22.7 Å². The molecule has 1 aliphatic rings. The van der Waals surface area contributed by atoms with Crippen molar-refractivity contribution in [3.05, 3.63) is 47.3 Å². The zero-order chi connectivity index (χ0) is 20.7. The maximum absolute atomic E-state index is 9.81. The number of anilines is 2. The molecule has 7 heteroatoms. The smallest absolute Gasteiger partial charge is 0.321 e. The van der Waals surface area contributed by atoms with E-state index in [0.717, 1.165) is 46.4 Å². The van der Waals surface area contributed by atoms with Crippen LogP contribution in [0.2, 0.25) is 0 Å². The van der Waals surface area contributed by atoms with Gasteiger partial charge in [-0.25, -0.2) is 0 Å². The first-order valence-corrected chi connectivity index (χ1v) is 10.5. The molecule has 2 N–H and O–H groups in total. The highest BCUT2D eigenvalue weighted by Gasteiger charge is 2.26. The van der Waals surface area contributed by atoms with Crippen molar-refractivity contribution in [2.75, 3.05) is 5.32 Å². The Morgan fingerprint density at radius 3 is 2.77 bits per heavy atom. The number of benzene rings is 1. The summed E-state index contributed by atoms with van der Waals surface area (Å²) in [6, 6.07) is 11.0. The van der Waals surface area contributed by atoms with Crippen LogP contribution in [-0.4, -0.2) is 19.7 Å². The minimum atomic E-state index is 0.293. The summed E-state index contributed by atoms with van der Waals surface area (Å²) < 4.78 is 8.22. The lowest BCUT2D eigenvalue weighted by Crippen LogP contribution is -2.16. The van der Waals surface area contributed by atoms with Crippen LogP contribution in [0.15, 0.2) is 34.9 Å². The molecule has 152 valence electrons. The predicted molar refractivity (Wildman–Crippen MR) is 116 cm³/mol. The second-order valence-corrected chi connectivity index (χ2v) is 7.99. The van der Waals surface area contributed by atoms with E-state index in [2.05, 4.69) is 38.1 Å². The summed E-state index contributed by atoms with van der Waals surface area (Å²) in [7, 11) is 0. The standard InChI is InChI=1S/C23H24N6O/c1-14-15(2)29(16-8-4-3-5-9-16)21(18(14)12-24)26-23-28-27-22(30-23)19-13-25-20-11-7-6-10-17(19)20/h6-7,10-11,13,16,25H,3-5,8-9H2,1-2H3,(H,26,28). The van der Waals surface area contributed by atoms with Gasteiger partial charge in [0.1, 0.15) is 11.9 Å². The van der Waals surface area contributed by atoms with Gasteiger partial charge in [0.15, 0.2) is 0 Å². The molecule has 30 heavy (non-hydrogen) atoms. The molecule has 0 atom stereocenters. The number of fused-ring (bicyclic) bond motifs is 1. The summed E-state index contributed by atoms with van der Waals surface area (Å²) in [5, 5.41) is 22.6. The Labute approximate surface area is 174 Å². The van der Waals surface area contributed by atoms with Crippen molar-refractivity contribution in [3.63, 3.8) is 0 Å². The van der Waals surface area contributed by atoms with Gasteiger partial charge in [0.05, 0.1) is 11.1 Å². The number of aromatic nitrogens is 4. The molecule has 3 aromatic heterocycles. The topological polar surface area (TPSA) is 95.5 Å². The monoisotopic (exact) mass is 400 g/mol. The van der Waals surface area contributed by atoms with Gasteiger partial charge < -0.3 is 14.0 Å². The number of hydrogen-bond donors (Lipinski definition) is 2. The van der Waals surface area contributed by atoms with Crippen LogP contribution < -0.4 is 5.32 Å². The maximum Gasteiger partial charge on any atom is 0.321 e. The molecule has 1 saturated carbocycles. The first-order chi connectivity index (χ1) is 14.7. The Morgan fingerprint density at radius 1 is 1.17 bits per heavy atom. The van der Waals surface area contributed by atoms with Gasteiger partial charge in [-0.15, -0.1) is 5.10 Å². The predicted octanol–water partition coefficient (Wildman–Crippen LogP) is 5.76. The first kappa shape index (κ1) is 18.5. The second-order valence-electron chi connectivity index (χ2n) is 7.99. The van der Waals surface area contributed by atoms with Crippen LogP contribution in [0.4, 0.5) is 11.8 Å². The van der Waals surface area contributed by atoms with Gasteiger partial charge in [-0.3, -0.25) is 5.32 Å². The van der Waals surface area contributed by atoms with Crippen LogP contribution in [0.5, 0.6) is 0 Å². The van der Waals surface area contributed by atoms with Crippen LogP contribution >= 0.6 is 0 Å². The number of nitriles is 1. The number of H-pyrrole nitrogens is 1. The van der Waals surface area contributed by atoms with Gasteiger partial charge in [-0.1, -0.05) is 42.6 Å². The molecular weight excluding hydrogens is 376 g/mol. The quantitative estimate of drug-likeness (QED) is 0.454. The molecule has 0 aliphatic heterocycles. The molecule has 4 aromatic rings. The lowest BCUT2D eigenvalue weighted by molar-refractivity contribution is 0.352. The number of hydrogen-bond acceptors (Lipinski definition) is 5. The minimum absolute atomic E-state index is 0.293. The minimum Gasteiger partial charge on any atom is -0.403 e. The molecule has 0 saturated heterocycles. The number of para-hydroxylation sites is 1. The summed E-state index contributed by atoms with van der Waals surface area (Å²) in [4.78, 5) is 3.23. The molecule has 0 spiro atoms. The fourth-order valence-electron chi connectivity index (χ4n) is 4.61. The van der Waals surface area contributed by atoms with Gasteiger partial charge >= 0.3 is 6.01 Å². The largest absolute Gasteiger partial charge is 0.403 e. The van der Waals surface area contributed by atoms with E-state index in [1.54, 1.807) is 0 Å². The third kappa shape index (κ3) is 2.96. The lowest BCUT2D eigenvalue weighted by Gasteiger charge is -2.27. The highest BCUT2D eigenvalue weighted by molar-refractivity contribution is 5.93. The van der Waals surface area contributed by atoms with Crippen molar-refractivity contribution in [2.24, 2.45) is 0 Å². The van der Waals surface area contributed by atoms with Gasteiger partial charge in [0.2, 0.25) is 0 Å². The third-order valence-corrected chi connectivity index (χ3v) is 6.28. The van der Waals surface area contributed by atoms with Gasteiger partial charge in [-0.2, -0.15) is 5.26 Å². The van der Waals surface area contributed by atoms with Crippen molar-refractivity contribution in [1.29, 1.82) is 5.26 Å². The zero-order valence-electron chi connectivity index (χ0n) is 17.2. The average molecular weight is 400 g/mol. The zero-order valence-corrected chi connectivity index (χ0v) is 17.2. The Kier molecular flexibility index (Phi) is 4.55. The number of nitrogens with zero attached hydrogens (tertiary/aromatic N) is 4. The van der Waals surface area contributed by atoms with Gasteiger partial charge in [-0.05, 0) is 38.3 Å². The van der Waals surface area contributed by atoms with Crippen LogP contribution in [0.3, 0.4) is 0 Å². The van der Waals surface area contributed by atoms with Gasteiger partial charge in [0.25, 0.3) is 5.89 Å². The van der Waals surface area contributed by atoms with Crippen molar-refractivity contribution in [3.8, 4) is 17.5 Å². The Balaban J connectivity index is 1.52. The first-order valence-electron chi connectivity index (χ1n) is 10.5. The molecule has 0 amide bonds. The number of aromatic amines is 1. The van der Waals surface area contributed by atoms with E-state index in [1.807, 2.05) is 37.4 Å². The molecule has 1 fully saturated rings. The summed E-state index contributed by atoms with van der Waals surface area (Å²) in [6.07, 6.45) is 7.84. The van der Waals surface area contributed by atoms with Crippen LogP contribution in [0.25, 0.3) is 22.4 Å². The molecule has 1 aliphatic carbocycles. The van der Waals surface area contributed by atoms with Crippen LogP contribution in [0, 0.1) is 25.2 Å². The molecular formula is C23H24N6O. The molecule has 0 bridgehead atoms. The second kappa shape index (κ2) is 7.38. The summed E-state index contributed by atoms with van der Waals surface area (Å²) in [5.41, 5.74) is 4.65. The Morgan fingerprint density at radius 2 is 1.97 bits per heavy atom. The molecule has 1 aromatic carbocycles. The van der Waals surface area contributed by atoms with E-state index in [-0.39, 0.29) is 0 Å². The van der Waals surface area contributed by atoms with E-state index in [4.69, 9.17) is 4.42 Å². The fraction of sp³-hybridized carbons (Fsp3) is 0.348. The van der Waals surface area contributed by atoms with E-state index in [1.165, 1.54) is 19.3 Å². The highest BCUT2D eigenvalue weighted by atomic mass is 16.4. The van der Waals surface area contributed by atoms with Crippen molar-refractivity contribution in [1.82, 2.24) is 19.7 Å². The fourth-order valence-corrected chi connectivity index (χ4v) is 4.61. The average Bonchev–Trinajstić information content (AvgIpc) is 3.46. The maximum atomic E-state index is 9.81. The number of nitrogens with one attached hydrogen (secondary N) is 2. The van der Waals surface area contributed by atoms with E-state index >= 15 is 0 Å². The highest BCUT2D eigenvalue weighted by Crippen LogP contribution is 2.38. The molecule has 0 radical (unpaired) electrons. The molecule has 5 rings (SSSR count). The Hall–Kier alpha value is -3.53. The van der Waals surface area contributed by atoms with Crippen molar-refractivity contribution in [2.45, 2.75) is 52.0 Å². The van der Waals surface area contributed by atoms with Crippen LogP contribution in [-0.2, 0) is 0 Å². The van der Waals surface area contributed by atoms with E-state index in [9.17, 15) is 5.26 Å². The third-order valence-electron chi connectivity index (χ3n) is 6.28. The van der Waals surface area contributed by atoms with Gasteiger partial charge in [0, 0.05) is 28.8 Å². The Bertz CT molecular complexity index is 1250. The van der Waals surface area contributed by atoms with E-state index < -0.39 is 0 Å². The molecule has 7 nitrogen and oxygen atoms in total. The lowest BCUT2D eigenvalue weighted by atomic mass is 9.95. The van der Waals surface area contributed by atoms with Crippen molar-refractivity contribution < 1.29 is 4.42 Å². The van der Waals surface area contributed by atoms with Crippen LogP contribution in [0.1, 0.15) is 55.0 Å². The summed E-state index contributed by atoms with van der Waals surface area (Å²) >= 11 is 0. The van der Waals surface area contributed by atoms with E-state index in [0.29, 0.717) is 23.5 Å². The number of rotatable bonds is 4. The molecule has 0 unspecified atom stereocenters. The molecule has 3 heterocycles. The normalized spacial score (nSPS) is 14.8.